The number of carbonyl (C=O) groups is 1. The number of esters is 1. The van der Waals surface area contributed by atoms with Crippen molar-refractivity contribution in [3.63, 3.8) is 0 Å². The fraction of sp³-hybridized carbons (Fsp3) is 0.923. The van der Waals surface area contributed by atoms with Crippen molar-refractivity contribution in [1.29, 1.82) is 0 Å². The predicted molar refractivity (Wildman–Crippen MR) is 60.0 cm³/mol. The molecule has 0 aromatic heterocycles. The van der Waals surface area contributed by atoms with Crippen LogP contribution in [0, 0.1) is 29.6 Å². The lowest BCUT2D eigenvalue weighted by atomic mass is 9.76. The van der Waals surface area contributed by atoms with Crippen molar-refractivity contribution in [3.05, 3.63) is 0 Å². The van der Waals surface area contributed by atoms with E-state index in [0.29, 0.717) is 18.8 Å². The van der Waals surface area contributed by atoms with Crippen molar-refractivity contribution < 1.29 is 35.9 Å². The summed E-state index contributed by atoms with van der Waals surface area (Å²) in [5, 5.41) is 0. The molecule has 21 heavy (non-hydrogen) atoms. The van der Waals surface area contributed by atoms with Gasteiger partial charge in [-0.1, -0.05) is 13.8 Å². The summed E-state index contributed by atoms with van der Waals surface area (Å²) in [6, 6.07) is 0. The van der Waals surface area contributed by atoms with E-state index in [1.165, 1.54) is 0 Å². The Labute approximate surface area is 117 Å². The van der Waals surface area contributed by atoms with Crippen LogP contribution >= 0.6 is 0 Å². The van der Waals surface area contributed by atoms with Crippen molar-refractivity contribution in [3.8, 4) is 0 Å². The van der Waals surface area contributed by atoms with Crippen LogP contribution in [0.1, 0.15) is 26.7 Å². The maximum absolute atomic E-state index is 12.4. The van der Waals surface area contributed by atoms with Gasteiger partial charge in [0, 0.05) is 0 Å². The van der Waals surface area contributed by atoms with Gasteiger partial charge < -0.3 is 4.74 Å². The molecule has 0 radical (unpaired) electrons. The molecule has 122 valence electrons. The van der Waals surface area contributed by atoms with Crippen LogP contribution in [0.4, 0.5) is 26.3 Å². The van der Waals surface area contributed by atoms with Crippen molar-refractivity contribution >= 4 is 5.97 Å². The first-order chi connectivity index (χ1) is 9.43. The van der Waals surface area contributed by atoms with Crippen LogP contribution < -0.4 is 0 Å². The summed E-state index contributed by atoms with van der Waals surface area (Å²) in [6.45, 7) is 3.87. The van der Waals surface area contributed by atoms with Gasteiger partial charge in [-0.05, 0) is 36.5 Å². The summed E-state index contributed by atoms with van der Waals surface area (Å²) in [5.41, 5.74) is 0. The summed E-state index contributed by atoms with van der Waals surface area (Å²) < 4.78 is 78.2. The molecule has 2 aliphatic rings. The second-order valence-electron chi connectivity index (χ2n) is 6.12. The zero-order valence-corrected chi connectivity index (χ0v) is 11.5. The predicted octanol–water partition coefficient (Wildman–Crippen LogP) is 3.95. The van der Waals surface area contributed by atoms with Gasteiger partial charge in [-0.2, -0.15) is 26.3 Å². The smallest absolute Gasteiger partial charge is 0.434 e. The normalized spacial score (nSPS) is 36.3. The number of rotatable bonds is 2. The number of ether oxygens (including phenoxy) is 1. The van der Waals surface area contributed by atoms with E-state index < -0.39 is 30.3 Å². The molecule has 0 spiro atoms. The van der Waals surface area contributed by atoms with Gasteiger partial charge >= 0.3 is 18.3 Å². The van der Waals surface area contributed by atoms with Crippen molar-refractivity contribution in [2.75, 3.05) is 0 Å². The lowest BCUT2D eigenvalue weighted by Gasteiger charge is -2.32. The van der Waals surface area contributed by atoms with Crippen LogP contribution in [0.2, 0.25) is 0 Å². The quantitative estimate of drug-likeness (QED) is 0.569. The molecule has 0 aliphatic heterocycles. The molecule has 0 amide bonds. The van der Waals surface area contributed by atoms with E-state index in [2.05, 4.69) is 4.74 Å². The summed E-state index contributed by atoms with van der Waals surface area (Å²) in [4.78, 5) is 11.8. The van der Waals surface area contributed by atoms with Gasteiger partial charge in [0.05, 0.1) is 5.92 Å². The van der Waals surface area contributed by atoms with E-state index in [4.69, 9.17) is 0 Å². The Bertz CT molecular complexity index is 400. The van der Waals surface area contributed by atoms with Crippen molar-refractivity contribution in [2.24, 2.45) is 29.6 Å². The number of fused-ring (bicyclic) bond motifs is 2. The van der Waals surface area contributed by atoms with Gasteiger partial charge in [0.1, 0.15) is 0 Å². The van der Waals surface area contributed by atoms with Gasteiger partial charge in [-0.15, -0.1) is 0 Å². The van der Waals surface area contributed by atoms with Crippen LogP contribution in [0.3, 0.4) is 0 Å². The molecule has 0 saturated heterocycles. The molecule has 5 atom stereocenters. The standard InChI is InChI=1S/C13H16F6O2/c1-5-6(2)8-3-7(5)4-9(8)10(20)21-11(12(14,15)16)13(17,18)19/h5-9,11H,3-4H2,1-2H3. The summed E-state index contributed by atoms with van der Waals surface area (Å²) in [5.74, 6) is -1.79. The second-order valence-corrected chi connectivity index (χ2v) is 6.12. The number of alkyl halides is 6. The summed E-state index contributed by atoms with van der Waals surface area (Å²) in [7, 11) is 0. The minimum atomic E-state index is -5.65. The molecule has 8 heteroatoms. The number of carbonyl (C=O) groups excluding carboxylic acids is 1. The van der Waals surface area contributed by atoms with E-state index in [9.17, 15) is 31.1 Å². The Kier molecular flexibility index (Phi) is 3.95. The Morgan fingerprint density at radius 3 is 1.90 bits per heavy atom. The molecule has 0 aromatic rings. The van der Waals surface area contributed by atoms with Crippen molar-refractivity contribution in [1.82, 2.24) is 0 Å². The van der Waals surface area contributed by atoms with Gasteiger partial charge in [0.2, 0.25) is 0 Å². The van der Waals surface area contributed by atoms with E-state index in [-0.39, 0.29) is 17.8 Å². The molecule has 2 saturated carbocycles. The molecule has 2 fully saturated rings. The van der Waals surface area contributed by atoms with E-state index >= 15 is 0 Å². The fourth-order valence-corrected chi connectivity index (χ4v) is 3.73. The topological polar surface area (TPSA) is 26.3 Å². The van der Waals surface area contributed by atoms with Crippen LogP contribution in [-0.2, 0) is 9.53 Å². The number of hydrogen-bond acceptors (Lipinski definition) is 2. The van der Waals surface area contributed by atoms with E-state index in [1.54, 1.807) is 0 Å². The Morgan fingerprint density at radius 1 is 1.00 bits per heavy atom. The molecule has 2 aliphatic carbocycles. The molecular weight excluding hydrogens is 302 g/mol. The highest BCUT2D eigenvalue weighted by Crippen LogP contribution is 2.55. The highest BCUT2D eigenvalue weighted by atomic mass is 19.4. The summed E-state index contributed by atoms with van der Waals surface area (Å²) in [6.07, 6.45) is -14.3. The Hall–Kier alpha value is -0.950. The number of hydrogen-bond donors (Lipinski definition) is 0. The zero-order valence-electron chi connectivity index (χ0n) is 11.5. The molecule has 0 N–H and O–H groups in total. The minimum Gasteiger partial charge on any atom is -0.443 e. The Morgan fingerprint density at radius 2 is 1.52 bits per heavy atom. The third-order valence-electron chi connectivity index (χ3n) is 5.03. The van der Waals surface area contributed by atoms with Crippen LogP contribution in [0.5, 0.6) is 0 Å². The fourth-order valence-electron chi connectivity index (χ4n) is 3.73. The average molecular weight is 318 g/mol. The third-order valence-corrected chi connectivity index (χ3v) is 5.03. The average Bonchev–Trinajstić information content (AvgIpc) is 2.84. The van der Waals surface area contributed by atoms with E-state index in [1.807, 2.05) is 13.8 Å². The monoisotopic (exact) mass is 318 g/mol. The molecule has 0 aromatic carbocycles. The molecule has 2 bridgehead atoms. The van der Waals surface area contributed by atoms with Gasteiger partial charge in [-0.25, -0.2) is 0 Å². The van der Waals surface area contributed by atoms with Gasteiger partial charge in [-0.3, -0.25) is 4.79 Å². The van der Waals surface area contributed by atoms with Gasteiger partial charge in [0.15, 0.2) is 0 Å². The van der Waals surface area contributed by atoms with Crippen LogP contribution in [0.25, 0.3) is 0 Å². The third kappa shape index (κ3) is 2.99. The maximum atomic E-state index is 12.4. The first-order valence-corrected chi connectivity index (χ1v) is 6.76. The first kappa shape index (κ1) is 16.4. The zero-order chi connectivity index (χ0) is 16.2. The lowest BCUT2D eigenvalue weighted by Crippen LogP contribution is -2.47. The van der Waals surface area contributed by atoms with Crippen LogP contribution in [0.15, 0.2) is 0 Å². The lowest BCUT2D eigenvalue weighted by molar-refractivity contribution is -0.314. The largest absolute Gasteiger partial charge is 0.443 e. The van der Waals surface area contributed by atoms with Crippen LogP contribution in [-0.4, -0.2) is 24.4 Å². The van der Waals surface area contributed by atoms with Crippen molar-refractivity contribution in [2.45, 2.75) is 45.1 Å². The first-order valence-electron chi connectivity index (χ1n) is 6.76. The number of halogens is 6. The molecular formula is C13H16F6O2. The van der Waals surface area contributed by atoms with E-state index in [0.717, 1.165) is 0 Å². The minimum absolute atomic E-state index is 0.108. The maximum Gasteiger partial charge on any atom is 0.434 e. The SMILES string of the molecule is CC1C2CC(C(=O)OC(C(F)(F)F)C(F)(F)F)C(C2)C1C. The molecule has 2 rings (SSSR count). The molecule has 0 heterocycles. The highest BCUT2D eigenvalue weighted by Gasteiger charge is 2.61. The van der Waals surface area contributed by atoms with Gasteiger partial charge in [0.25, 0.3) is 6.10 Å². The molecule has 2 nitrogen and oxygen atoms in total. The Balaban J connectivity index is 2.08. The summed E-state index contributed by atoms with van der Waals surface area (Å²) >= 11 is 0. The molecule has 5 unspecified atom stereocenters. The highest BCUT2D eigenvalue weighted by molar-refractivity contribution is 5.74. The second kappa shape index (κ2) is 5.05.